The zero-order chi connectivity index (χ0) is 13.6. The third-order valence-corrected chi connectivity index (χ3v) is 2.42. The van der Waals surface area contributed by atoms with E-state index in [-0.39, 0.29) is 36.0 Å². The molecule has 3 N–H and O–H groups in total. The number of hydrogen-bond acceptors (Lipinski definition) is 4. The molecule has 0 heterocycles. The Morgan fingerprint density at radius 1 is 1.39 bits per heavy atom. The molecule has 0 radical (unpaired) electrons. The lowest BCUT2D eigenvalue weighted by molar-refractivity contribution is -0.123. The summed E-state index contributed by atoms with van der Waals surface area (Å²) in [5.74, 6) is -0.0187. The van der Waals surface area contributed by atoms with Gasteiger partial charge in [-0.25, -0.2) is 0 Å². The van der Waals surface area contributed by atoms with E-state index in [0.717, 1.165) is 0 Å². The number of rotatable bonds is 6. The topological polar surface area (TPSA) is 78.8 Å². The van der Waals surface area contributed by atoms with E-state index in [1.54, 1.807) is 18.2 Å². The number of aliphatic hydroxyl groups is 1. The molecule has 0 fully saturated rings. The van der Waals surface area contributed by atoms with Crippen LogP contribution in [0.1, 0.15) is 13.8 Å². The second-order valence-electron chi connectivity index (χ2n) is 4.86. The Hall–Kier alpha value is -1.75. The number of benzene rings is 1. The van der Waals surface area contributed by atoms with Crippen molar-refractivity contribution in [2.75, 3.05) is 19.8 Å². The maximum Gasteiger partial charge on any atom is 0.257 e. The van der Waals surface area contributed by atoms with Crippen molar-refractivity contribution in [2.45, 2.75) is 13.8 Å². The average Bonchev–Trinajstić information content (AvgIpc) is 2.35. The first kappa shape index (κ1) is 14.3. The molecule has 0 bridgehead atoms. The number of phenolic OH excluding ortho intramolecular Hbond substituents is 1. The summed E-state index contributed by atoms with van der Waals surface area (Å²) in [5.41, 5.74) is -0.357. The van der Waals surface area contributed by atoms with Crippen molar-refractivity contribution in [3.63, 3.8) is 0 Å². The highest BCUT2D eigenvalue weighted by Gasteiger charge is 2.17. The first-order chi connectivity index (χ1) is 8.44. The molecule has 0 saturated carbocycles. The molecule has 0 aliphatic rings. The molecule has 0 unspecified atom stereocenters. The first-order valence-electron chi connectivity index (χ1n) is 5.73. The zero-order valence-corrected chi connectivity index (χ0v) is 10.6. The number of aliphatic hydroxyl groups excluding tert-OH is 1. The second-order valence-corrected chi connectivity index (χ2v) is 4.86. The van der Waals surface area contributed by atoms with Crippen LogP contribution in [0, 0.1) is 5.41 Å². The van der Waals surface area contributed by atoms with Crippen molar-refractivity contribution in [3.8, 4) is 11.5 Å². The van der Waals surface area contributed by atoms with E-state index >= 15 is 0 Å². The van der Waals surface area contributed by atoms with E-state index in [0.29, 0.717) is 6.54 Å². The van der Waals surface area contributed by atoms with Crippen molar-refractivity contribution >= 4 is 5.91 Å². The molecule has 1 amide bonds. The Labute approximate surface area is 106 Å². The van der Waals surface area contributed by atoms with Gasteiger partial charge in [0.2, 0.25) is 0 Å². The van der Waals surface area contributed by atoms with Gasteiger partial charge < -0.3 is 20.3 Å². The number of para-hydroxylation sites is 2. The van der Waals surface area contributed by atoms with Crippen LogP contribution >= 0.6 is 0 Å². The normalized spacial score (nSPS) is 11.1. The number of ether oxygens (including phenoxy) is 1. The number of nitrogens with one attached hydrogen (secondary N) is 1. The van der Waals surface area contributed by atoms with Crippen LogP contribution in [0.2, 0.25) is 0 Å². The third kappa shape index (κ3) is 4.63. The van der Waals surface area contributed by atoms with Crippen LogP contribution in [0.3, 0.4) is 0 Å². The maximum atomic E-state index is 11.5. The van der Waals surface area contributed by atoms with Crippen LogP contribution < -0.4 is 10.1 Å². The first-order valence-corrected chi connectivity index (χ1v) is 5.73. The summed E-state index contributed by atoms with van der Waals surface area (Å²) in [6.07, 6.45) is 0. The van der Waals surface area contributed by atoms with E-state index in [2.05, 4.69) is 5.32 Å². The van der Waals surface area contributed by atoms with E-state index in [1.807, 2.05) is 13.8 Å². The lowest BCUT2D eigenvalue weighted by Crippen LogP contribution is -2.38. The highest BCUT2D eigenvalue weighted by Crippen LogP contribution is 2.23. The van der Waals surface area contributed by atoms with Crippen LogP contribution in [0.4, 0.5) is 0 Å². The number of amides is 1. The number of hydrogen-bond donors (Lipinski definition) is 3. The fourth-order valence-electron chi connectivity index (χ4n) is 1.17. The zero-order valence-electron chi connectivity index (χ0n) is 10.6. The minimum Gasteiger partial charge on any atom is -0.504 e. The van der Waals surface area contributed by atoms with Gasteiger partial charge in [-0.3, -0.25) is 4.79 Å². The summed E-state index contributed by atoms with van der Waals surface area (Å²) < 4.78 is 5.17. The summed E-state index contributed by atoms with van der Waals surface area (Å²) in [6, 6.07) is 6.45. The molecular weight excluding hydrogens is 234 g/mol. The highest BCUT2D eigenvalue weighted by atomic mass is 16.5. The van der Waals surface area contributed by atoms with Gasteiger partial charge >= 0.3 is 0 Å². The van der Waals surface area contributed by atoms with Crippen molar-refractivity contribution in [3.05, 3.63) is 24.3 Å². The lowest BCUT2D eigenvalue weighted by atomic mass is 9.95. The SMILES string of the molecule is CC(C)(CO)CNC(=O)COc1ccccc1O. The standard InChI is InChI=1S/C13H19NO4/c1-13(2,9-15)8-14-12(17)7-18-11-6-4-3-5-10(11)16/h3-6,15-16H,7-9H2,1-2H3,(H,14,17). The highest BCUT2D eigenvalue weighted by molar-refractivity contribution is 5.77. The van der Waals surface area contributed by atoms with Crippen LogP contribution in [-0.2, 0) is 4.79 Å². The fraction of sp³-hybridized carbons (Fsp3) is 0.462. The summed E-state index contributed by atoms with van der Waals surface area (Å²) in [4.78, 5) is 11.5. The predicted octanol–water partition coefficient (Wildman–Crippen LogP) is 0.906. The summed E-state index contributed by atoms with van der Waals surface area (Å²) >= 11 is 0. The molecule has 1 rings (SSSR count). The quantitative estimate of drug-likeness (QED) is 0.704. The van der Waals surface area contributed by atoms with Gasteiger partial charge in [0.15, 0.2) is 18.1 Å². The summed E-state index contributed by atoms with van der Waals surface area (Å²) in [6.45, 7) is 3.88. The number of carbonyl (C=O) groups excluding carboxylic acids is 1. The molecule has 0 aliphatic carbocycles. The predicted molar refractivity (Wildman–Crippen MR) is 67.5 cm³/mol. The van der Waals surface area contributed by atoms with Gasteiger partial charge in [0, 0.05) is 18.6 Å². The van der Waals surface area contributed by atoms with Crippen LogP contribution in [0.5, 0.6) is 11.5 Å². The lowest BCUT2D eigenvalue weighted by Gasteiger charge is -2.21. The van der Waals surface area contributed by atoms with E-state index < -0.39 is 0 Å². The maximum absolute atomic E-state index is 11.5. The smallest absolute Gasteiger partial charge is 0.257 e. The van der Waals surface area contributed by atoms with E-state index in [9.17, 15) is 9.90 Å². The minimum absolute atomic E-state index is 0.000915. The van der Waals surface area contributed by atoms with E-state index in [1.165, 1.54) is 6.07 Å². The molecule has 5 nitrogen and oxygen atoms in total. The Morgan fingerprint density at radius 2 is 2.06 bits per heavy atom. The average molecular weight is 253 g/mol. The van der Waals surface area contributed by atoms with Crippen molar-refractivity contribution in [1.29, 1.82) is 0 Å². The van der Waals surface area contributed by atoms with Gasteiger partial charge in [0.25, 0.3) is 5.91 Å². The van der Waals surface area contributed by atoms with Crippen molar-refractivity contribution in [1.82, 2.24) is 5.32 Å². The second kappa shape index (κ2) is 6.26. The number of carbonyl (C=O) groups is 1. The third-order valence-electron chi connectivity index (χ3n) is 2.42. The molecule has 100 valence electrons. The minimum atomic E-state index is -0.357. The largest absolute Gasteiger partial charge is 0.504 e. The van der Waals surface area contributed by atoms with Crippen molar-refractivity contribution < 1.29 is 19.7 Å². The molecule has 18 heavy (non-hydrogen) atoms. The number of phenols is 1. The molecule has 0 spiro atoms. The molecular formula is C13H19NO4. The molecule has 1 aromatic carbocycles. The summed E-state index contributed by atoms with van der Waals surface area (Å²) in [7, 11) is 0. The fourth-order valence-corrected chi connectivity index (χ4v) is 1.17. The van der Waals surface area contributed by atoms with Crippen LogP contribution in [0.15, 0.2) is 24.3 Å². The molecule has 1 aromatic rings. The van der Waals surface area contributed by atoms with Gasteiger partial charge in [0.05, 0.1) is 0 Å². The molecule has 0 aromatic heterocycles. The van der Waals surface area contributed by atoms with E-state index in [4.69, 9.17) is 9.84 Å². The van der Waals surface area contributed by atoms with Gasteiger partial charge in [-0.05, 0) is 12.1 Å². The molecule has 0 atom stereocenters. The van der Waals surface area contributed by atoms with Gasteiger partial charge in [0.1, 0.15) is 0 Å². The summed E-state index contributed by atoms with van der Waals surface area (Å²) in [5, 5.41) is 21.1. The number of aromatic hydroxyl groups is 1. The Balaban J connectivity index is 2.36. The Kier molecular flexibility index (Phi) is 4.97. The van der Waals surface area contributed by atoms with Gasteiger partial charge in [-0.15, -0.1) is 0 Å². The Morgan fingerprint density at radius 3 is 2.67 bits per heavy atom. The van der Waals surface area contributed by atoms with Crippen molar-refractivity contribution in [2.24, 2.45) is 5.41 Å². The van der Waals surface area contributed by atoms with Gasteiger partial charge in [-0.1, -0.05) is 26.0 Å². The molecule has 0 saturated heterocycles. The van der Waals surface area contributed by atoms with Crippen LogP contribution in [0.25, 0.3) is 0 Å². The van der Waals surface area contributed by atoms with Crippen LogP contribution in [-0.4, -0.2) is 35.9 Å². The molecule has 0 aliphatic heterocycles. The van der Waals surface area contributed by atoms with Gasteiger partial charge in [-0.2, -0.15) is 0 Å². The monoisotopic (exact) mass is 253 g/mol. The Bertz CT molecular complexity index is 404. The molecule has 5 heteroatoms.